The number of piperidine rings is 1. The van der Waals surface area contributed by atoms with Crippen LogP contribution in [0.3, 0.4) is 0 Å². The molecule has 0 amide bonds. The number of nitrogens with two attached hydrogens (primary N) is 1. The maximum absolute atomic E-state index is 14.0. The zero-order valence-corrected chi connectivity index (χ0v) is 10.4. The van der Waals surface area contributed by atoms with Gasteiger partial charge in [0.1, 0.15) is 5.82 Å². The second-order valence-electron chi connectivity index (χ2n) is 4.51. The van der Waals surface area contributed by atoms with Crippen molar-refractivity contribution in [2.24, 2.45) is 5.73 Å². The van der Waals surface area contributed by atoms with Gasteiger partial charge in [0.05, 0.1) is 18.4 Å². The molecule has 18 heavy (non-hydrogen) atoms. The third-order valence-electron chi connectivity index (χ3n) is 3.17. The van der Waals surface area contributed by atoms with E-state index in [4.69, 9.17) is 5.73 Å². The summed E-state index contributed by atoms with van der Waals surface area (Å²) < 4.78 is 18.5. The Balaban J connectivity index is 2.21. The highest BCUT2D eigenvalue weighted by molar-refractivity contribution is 5.89. The highest BCUT2D eigenvalue weighted by Gasteiger charge is 2.20. The van der Waals surface area contributed by atoms with Crippen molar-refractivity contribution in [1.29, 1.82) is 0 Å². The maximum Gasteiger partial charge on any atom is 0.337 e. The molecule has 0 spiro atoms. The number of benzene rings is 1. The van der Waals surface area contributed by atoms with Crippen molar-refractivity contribution in [3.8, 4) is 0 Å². The van der Waals surface area contributed by atoms with Crippen LogP contribution in [0.4, 0.5) is 10.1 Å². The number of hydrogen-bond acceptors (Lipinski definition) is 4. The van der Waals surface area contributed by atoms with Crippen molar-refractivity contribution in [3.63, 3.8) is 0 Å². The Morgan fingerprint density at radius 1 is 1.56 bits per heavy atom. The summed E-state index contributed by atoms with van der Waals surface area (Å²) in [6.07, 6.45) is 1.93. The van der Waals surface area contributed by atoms with E-state index in [9.17, 15) is 9.18 Å². The van der Waals surface area contributed by atoms with E-state index in [2.05, 4.69) is 4.74 Å². The van der Waals surface area contributed by atoms with Crippen LogP contribution < -0.4 is 10.6 Å². The minimum atomic E-state index is -0.532. The van der Waals surface area contributed by atoms with Crippen molar-refractivity contribution in [2.45, 2.75) is 18.9 Å². The standard InChI is InChI=1S/C13H17FN2O2/c1-18-13(17)9-4-5-12(11(14)7-9)16-6-2-3-10(15)8-16/h4-5,7,10H,2-3,6,8,15H2,1H3/t10-/m0/s1. The Morgan fingerprint density at radius 2 is 2.33 bits per heavy atom. The lowest BCUT2D eigenvalue weighted by Crippen LogP contribution is -2.43. The van der Waals surface area contributed by atoms with Crippen LogP contribution in [0.25, 0.3) is 0 Å². The monoisotopic (exact) mass is 252 g/mol. The lowest BCUT2D eigenvalue weighted by Gasteiger charge is -2.32. The van der Waals surface area contributed by atoms with E-state index in [0.29, 0.717) is 12.2 Å². The Kier molecular flexibility index (Phi) is 3.81. The molecular formula is C13H17FN2O2. The van der Waals surface area contributed by atoms with Gasteiger partial charge in [-0.25, -0.2) is 9.18 Å². The molecule has 1 saturated heterocycles. The molecule has 1 fully saturated rings. The average molecular weight is 252 g/mol. The summed E-state index contributed by atoms with van der Waals surface area (Å²) in [5, 5.41) is 0. The third kappa shape index (κ3) is 2.61. The molecule has 1 aromatic carbocycles. The molecule has 98 valence electrons. The van der Waals surface area contributed by atoms with Gasteiger partial charge in [-0.1, -0.05) is 0 Å². The summed E-state index contributed by atoms with van der Waals surface area (Å²) in [5.74, 6) is -0.942. The van der Waals surface area contributed by atoms with E-state index in [1.807, 2.05) is 4.90 Å². The van der Waals surface area contributed by atoms with Crippen molar-refractivity contribution in [1.82, 2.24) is 0 Å². The van der Waals surface area contributed by atoms with E-state index in [1.54, 1.807) is 12.1 Å². The lowest BCUT2D eigenvalue weighted by molar-refractivity contribution is 0.0600. The first kappa shape index (κ1) is 12.8. The van der Waals surface area contributed by atoms with Gasteiger partial charge in [-0.05, 0) is 31.0 Å². The number of anilines is 1. The van der Waals surface area contributed by atoms with Crippen LogP contribution in [0.5, 0.6) is 0 Å². The molecule has 0 bridgehead atoms. The smallest absolute Gasteiger partial charge is 0.337 e. The molecular weight excluding hydrogens is 235 g/mol. The molecule has 0 saturated carbocycles. The minimum Gasteiger partial charge on any atom is -0.465 e. The fourth-order valence-corrected chi connectivity index (χ4v) is 2.24. The number of halogens is 1. The molecule has 5 heteroatoms. The Hall–Kier alpha value is -1.62. The Bertz CT molecular complexity index is 451. The number of hydrogen-bond donors (Lipinski definition) is 1. The van der Waals surface area contributed by atoms with Crippen LogP contribution in [-0.2, 0) is 4.74 Å². The third-order valence-corrected chi connectivity index (χ3v) is 3.17. The number of methoxy groups -OCH3 is 1. The second-order valence-corrected chi connectivity index (χ2v) is 4.51. The number of esters is 1. The molecule has 0 aliphatic carbocycles. The van der Waals surface area contributed by atoms with Crippen LogP contribution >= 0.6 is 0 Å². The van der Waals surface area contributed by atoms with Gasteiger partial charge in [0, 0.05) is 19.1 Å². The maximum atomic E-state index is 14.0. The van der Waals surface area contributed by atoms with Gasteiger partial charge in [0.25, 0.3) is 0 Å². The zero-order valence-electron chi connectivity index (χ0n) is 10.4. The molecule has 1 heterocycles. The molecule has 0 aromatic heterocycles. The van der Waals surface area contributed by atoms with Crippen molar-refractivity contribution in [3.05, 3.63) is 29.6 Å². The molecule has 0 radical (unpaired) electrons. The molecule has 1 aromatic rings. The summed E-state index contributed by atoms with van der Waals surface area (Å²) in [6.45, 7) is 1.44. The topological polar surface area (TPSA) is 55.6 Å². The second kappa shape index (κ2) is 5.35. The Labute approximate surface area is 106 Å². The van der Waals surface area contributed by atoms with E-state index in [1.165, 1.54) is 13.2 Å². The van der Waals surface area contributed by atoms with E-state index in [0.717, 1.165) is 19.4 Å². The molecule has 1 aliphatic heterocycles. The van der Waals surface area contributed by atoms with Gasteiger partial charge >= 0.3 is 5.97 Å². The summed E-state index contributed by atoms with van der Waals surface area (Å²) >= 11 is 0. The van der Waals surface area contributed by atoms with Crippen molar-refractivity contribution in [2.75, 3.05) is 25.1 Å². The van der Waals surface area contributed by atoms with Crippen LogP contribution in [-0.4, -0.2) is 32.2 Å². The minimum absolute atomic E-state index is 0.0819. The van der Waals surface area contributed by atoms with Crippen LogP contribution in [0.2, 0.25) is 0 Å². The highest BCUT2D eigenvalue weighted by atomic mass is 19.1. The average Bonchev–Trinajstić information content (AvgIpc) is 2.37. The predicted molar refractivity (Wildman–Crippen MR) is 67.2 cm³/mol. The van der Waals surface area contributed by atoms with Gasteiger partial charge in [-0.15, -0.1) is 0 Å². The normalized spacial score (nSPS) is 19.7. The van der Waals surface area contributed by atoms with E-state index >= 15 is 0 Å². The lowest BCUT2D eigenvalue weighted by atomic mass is 10.1. The van der Waals surface area contributed by atoms with Crippen molar-refractivity contribution < 1.29 is 13.9 Å². The first-order chi connectivity index (χ1) is 8.61. The number of nitrogens with zero attached hydrogens (tertiary/aromatic N) is 1. The van der Waals surface area contributed by atoms with Gasteiger partial charge in [-0.2, -0.15) is 0 Å². The first-order valence-corrected chi connectivity index (χ1v) is 6.00. The number of carbonyl (C=O) groups excluding carboxylic acids is 1. The number of carbonyl (C=O) groups is 1. The summed E-state index contributed by atoms with van der Waals surface area (Å²) in [4.78, 5) is 13.2. The number of rotatable bonds is 2. The van der Waals surface area contributed by atoms with Gasteiger partial charge in [0.2, 0.25) is 0 Å². The van der Waals surface area contributed by atoms with Gasteiger partial charge in [-0.3, -0.25) is 0 Å². The highest BCUT2D eigenvalue weighted by Crippen LogP contribution is 2.24. The molecule has 0 unspecified atom stereocenters. The number of ether oxygens (including phenoxy) is 1. The summed E-state index contributed by atoms with van der Waals surface area (Å²) in [5.41, 5.74) is 6.59. The quantitative estimate of drug-likeness (QED) is 0.811. The molecule has 2 N–H and O–H groups in total. The molecule has 1 atom stereocenters. The fraction of sp³-hybridized carbons (Fsp3) is 0.462. The summed E-state index contributed by atoms with van der Waals surface area (Å²) in [7, 11) is 1.28. The van der Waals surface area contributed by atoms with Crippen LogP contribution in [0, 0.1) is 5.82 Å². The molecule has 1 aliphatic rings. The van der Waals surface area contributed by atoms with E-state index < -0.39 is 11.8 Å². The fourth-order valence-electron chi connectivity index (χ4n) is 2.24. The van der Waals surface area contributed by atoms with Gasteiger partial charge < -0.3 is 15.4 Å². The largest absolute Gasteiger partial charge is 0.465 e. The predicted octanol–water partition coefficient (Wildman–Crippen LogP) is 1.54. The van der Waals surface area contributed by atoms with Crippen LogP contribution in [0.15, 0.2) is 18.2 Å². The zero-order chi connectivity index (χ0) is 13.1. The SMILES string of the molecule is COC(=O)c1ccc(N2CCC[C@H](N)C2)c(F)c1. The van der Waals surface area contributed by atoms with E-state index in [-0.39, 0.29) is 11.6 Å². The Morgan fingerprint density at radius 3 is 2.94 bits per heavy atom. The first-order valence-electron chi connectivity index (χ1n) is 6.00. The molecule has 2 rings (SSSR count). The molecule has 4 nitrogen and oxygen atoms in total. The van der Waals surface area contributed by atoms with Gasteiger partial charge in [0.15, 0.2) is 0 Å². The van der Waals surface area contributed by atoms with Crippen molar-refractivity contribution >= 4 is 11.7 Å². The summed E-state index contributed by atoms with van der Waals surface area (Å²) in [6, 6.07) is 4.48. The van der Waals surface area contributed by atoms with Crippen LogP contribution in [0.1, 0.15) is 23.2 Å².